The number of aliphatic hydroxyl groups excluding tert-OH is 1. The number of nitrogens with zero attached hydrogens (tertiary/aromatic N) is 1. The Kier molecular flexibility index (Phi) is 5.60. The molecule has 1 fully saturated rings. The smallest absolute Gasteiger partial charge is 0.317 e. The van der Waals surface area contributed by atoms with Gasteiger partial charge in [0.25, 0.3) is 0 Å². The molecule has 0 aromatic carbocycles. The molecule has 16 heavy (non-hydrogen) atoms. The van der Waals surface area contributed by atoms with Crippen molar-refractivity contribution < 1.29 is 9.90 Å². The van der Waals surface area contributed by atoms with Crippen LogP contribution in [0.4, 0.5) is 4.79 Å². The summed E-state index contributed by atoms with van der Waals surface area (Å²) in [6, 6.07) is 0.0609. The molecule has 0 aliphatic carbocycles. The number of likely N-dealkylation sites (tertiary alicyclic amines) is 1. The van der Waals surface area contributed by atoms with Crippen molar-refractivity contribution in [3.05, 3.63) is 0 Å². The van der Waals surface area contributed by atoms with E-state index in [1.54, 1.807) is 6.92 Å². The minimum atomic E-state index is -0.362. The highest BCUT2D eigenvalue weighted by molar-refractivity contribution is 5.74. The van der Waals surface area contributed by atoms with Gasteiger partial charge in [0.05, 0.1) is 6.10 Å². The quantitative estimate of drug-likeness (QED) is 0.773. The van der Waals surface area contributed by atoms with Crippen LogP contribution in [0, 0.1) is 0 Å². The van der Waals surface area contributed by atoms with Gasteiger partial charge in [0.1, 0.15) is 0 Å². The summed E-state index contributed by atoms with van der Waals surface area (Å²) in [7, 11) is 0. The molecule has 1 saturated heterocycles. The van der Waals surface area contributed by atoms with Gasteiger partial charge in [-0.3, -0.25) is 0 Å². The summed E-state index contributed by atoms with van der Waals surface area (Å²) in [6.45, 7) is 5.41. The van der Waals surface area contributed by atoms with Crippen molar-refractivity contribution in [3.8, 4) is 0 Å². The van der Waals surface area contributed by atoms with Gasteiger partial charge in [-0.25, -0.2) is 4.79 Å². The van der Waals surface area contributed by atoms with Crippen molar-refractivity contribution >= 4 is 6.03 Å². The lowest BCUT2D eigenvalue weighted by Crippen LogP contribution is -2.45. The highest BCUT2D eigenvalue weighted by Crippen LogP contribution is 2.10. The van der Waals surface area contributed by atoms with Gasteiger partial charge >= 0.3 is 6.03 Å². The molecule has 0 aromatic rings. The van der Waals surface area contributed by atoms with E-state index in [0.29, 0.717) is 6.42 Å². The molecule has 1 heterocycles. The predicted octanol–water partition coefficient (Wildman–Crippen LogP) is 1.73. The molecule has 0 radical (unpaired) electrons. The minimum absolute atomic E-state index is 0.0232. The van der Waals surface area contributed by atoms with Crippen LogP contribution in [0.15, 0.2) is 0 Å². The Hall–Kier alpha value is -0.770. The van der Waals surface area contributed by atoms with Crippen LogP contribution in [0.1, 0.15) is 46.0 Å². The largest absolute Gasteiger partial charge is 0.393 e. The molecule has 0 spiro atoms. The highest BCUT2D eigenvalue weighted by atomic mass is 16.3. The zero-order chi connectivity index (χ0) is 12.0. The number of hydrogen-bond acceptors (Lipinski definition) is 2. The van der Waals surface area contributed by atoms with Crippen molar-refractivity contribution in [1.29, 1.82) is 0 Å². The lowest BCUT2D eigenvalue weighted by atomic mass is 10.1. The molecule has 4 heteroatoms. The van der Waals surface area contributed by atoms with Crippen molar-refractivity contribution in [2.24, 2.45) is 0 Å². The van der Waals surface area contributed by atoms with Gasteiger partial charge in [0.15, 0.2) is 0 Å². The van der Waals surface area contributed by atoms with E-state index in [0.717, 1.165) is 25.9 Å². The van der Waals surface area contributed by atoms with Gasteiger partial charge in [-0.15, -0.1) is 0 Å². The molecule has 0 bridgehead atoms. The SMILES string of the molecule is CC(O)CC(C)NC(=O)N1CCCCCC1. The van der Waals surface area contributed by atoms with Crippen molar-refractivity contribution in [2.45, 2.75) is 58.1 Å². The molecule has 1 aliphatic rings. The third-order valence-electron chi connectivity index (χ3n) is 2.96. The van der Waals surface area contributed by atoms with Crippen LogP contribution >= 0.6 is 0 Å². The number of aliphatic hydroxyl groups is 1. The van der Waals surface area contributed by atoms with Crippen molar-refractivity contribution in [2.75, 3.05) is 13.1 Å². The van der Waals surface area contributed by atoms with E-state index in [4.69, 9.17) is 0 Å². The molecule has 1 rings (SSSR count). The second-order valence-electron chi connectivity index (χ2n) is 4.84. The van der Waals surface area contributed by atoms with Gasteiger partial charge in [0, 0.05) is 19.1 Å². The molecule has 2 atom stereocenters. The Labute approximate surface area is 98.0 Å². The monoisotopic (exact) mass is 228 g/mol. The first-order valence-corrected chi connectivity index (χ1v) is 6.33. The normalized spacial score (nSPS) is 21.1. The molecule has 0 aromatic heterocycles. The van der Waals surface area contributed by atoms with E-state index in [1.807, 2.05) is 11.8 Å². The Morgan fingerprint density at radius 2 is 1.81 bits per heavy atom. The fourth-order valence-corrected chi connectivity index (χ4v) is 2.15. The lowest BCUT2D eigenvalue weighted by molar-refractivity contribution is 0.163. The summed E-state index contributed by atoms with van der Waals surface area (Å²) in [5.74, 6) is 0. The van der Waals surface area contributed by atoms with Gasteiger partial charge < -0.3 is 15.3 Å². The molecular weight excluding hydrogens is 204 g/mol. The van der Waals surface area contributed by atoms with Crippen LogP contribution in [0.5, 0.6) is 0 Å². The fraction of sp³-hybridized carbons (Fsp3) is 0.917. The van der Waals surface area contributed by atoms with E-state index in [2.05, 4.69) is 5.32 Å². The van der Waals surface area contributed by atoms with E-state index in [9.17, 15) is 9.90 Å². The summed E-state index contributed by atoms with van der Waals surface area (Å²) in [6.07, 6.45) is 4.93. The standard InChI is InChI=1S/C12H24N2O2/c1-10(9-11(2)15)13-12(16)14-7-5-3-4-6-8-14/h10-11,15H,3-9H2,1-2H3,(H,13,16). The van der Waals surface area contributed by atoms with Gasteiger partial charge in [-0.1, -0.05) is 12.8 Å². The van der Waals surface area contributed by atoms with Crippen LogP contribution in [0.25, 0.3) is 0 Å². The Bertz CT molecular complexity index is 211. The van der Waals surface area contributed by atoms with Gasteiger partial charge in [0.2, 0.25) is 0 Å². The van der Waals surface area contributed by atoms with Gasteiger partial charge in [-0.05, 0) is 33.1 Å². The average molecular weight is 228 g/mol. The number of urea groups is 1. The first kappa shape index (κ1) is 13.3. The van der Waals surface area contributed by atoms with Crippen molar-refractivity contribution in [1.82, 2.24) is 10.2 Å². The lowest BCUT2D eigenvalue weighted by Gasteiger charge is -2.24. The Morgan fingerprint density at radius 1 is 1.25 bits per heavy atom. The topological polar surface area (TPSA) is 52.6 Å². The molecule has 1 aliphatic heterocycles. The summed E-state index contributed by atoms with van der Waals surface area (Å²) in [5.41, 5.74) is 0. The highest BCUT2D eigenvalue weighted by Gasteiger charge is 2.17. The number of hydrogen-bond donors (Lipinski definition) is 2. The Balaban J connectivity index is 2.32. The molecule has 0 saturated carbocycles. The maximum Gasteiger partial charge on any atom is 0.317 e. The third-order valence-corrected chi connectivity index (χ3v) is 2.96. The molecule has 2 unspecified atom stereocenters. The molecule has 4 nitrogen and oxygen atoms in total. The summed E-state index contributed by atoms with van der Waals surface area (Å²) < 4.78 is 0. The Morgan fingerprint density at radius 3 is 2.31 bits per heavy atom. The number of rotatable bonds is 3. The van der Waals surface area contributed by atoms with Crippen LogP contribution < -0.4 is 5.32 Å². The van der Waals surface area contributed by atoms with Crippen LogP contribution in [-0.4, -0.2) is 41.3 Å². The zero-order valence-electron chi connectivity index (χ0n) is 10.4. The first-order chi connectivity index (χ1) is 7.59. The minimum Gasteiger partial charge on any atom is -0.393 e. The maximum atomic E-state index is 11.9. The molecule has 94 valence electrons. The van der Waals surface area contributed by atoms with Crippen LogP contribution in [-0.2, 0) is 0 Å². The van der Waals surface area contributed by atoms with Crippen LogP contribution in [0.2, 0.25) is 0 Å². The van der Waals surface area contributed by atoms with E-state index in [1.165, 1.54) is 12.8 Å². The zero-order valence-corrected chi connectivity index (χ0v) is 10.4. The molecule has 2 amide bonds. The third kappa shape index (κ3) is 4.84. The van der Waals surface area contributed by atoms with E-state index >= 15 is 0 Å². The summed E-state index contributed by atoms with van der Waals surface area (Å²) in [5, 5.41) is 12.2. The predicted molar refractivity (Wildman–Crippen MR) is 64.3 cm³/mol. The average Bonchev–Trinajstić information content (AvgIpc) is 2.43. The number of nitrogens with one attached hydrogen (secondary N) is 1. The fourth-order valence-electron chi connectivity index (χ4n) is 2.15. The van der Waals surface area contributed by atoms with E-state index < -0.39 is 0 Å². The number of carbonyl (C=O) groups is 1. The first-order valence-electron chi connectivity index (χ1n) is 6.33. The molecule has 2 N–H and O–H groups in total. The van der Waals surface area contributed by atoms with Gasteiger partial charge in [-0.2, -0.15) is 0 Å². The summed E-state index contributed by atoms with van der Waals surface area (Å²) in [4.78, 5) is 13.8. The van der Waals surface area contributed by atoms with Crippen molar-refractivity contribution in [3.63, 3.8) is 0 Å². The molecular formula is C12H24N2O2. The number of carbonyl (C=O) groups excluding carboxylic acids is 1. The summed E-state index contributed by atoms with van der Waals surface area (Å²) >= 11 is 0. The maximum absolute atomic E-state index is 11.9. The van der Waals surface area contributed by atoms with Crippen LogP contribution in [0.3, 0.4) is 0 Å². The number of amides is 2. The second-order valence-corrected chi connectivity index (χ2v) is 4.84. The second kappa shape index (κ2) is 6.74. The van der Waals surface area contributed by atoms with E-state index in [-0.39, 0.29) is 18.2 Å².